The lowest BCUT2D eigenvalue weighted by Gasteiger charge is -2.03. The van der Waals surface area contributed by atoms with Gasteiger partial charge in [0.15, 0.2) is 0 Å². The third-order valence-corrected chi connectivity index (χ3v) is 5.56. The fourth-order valence-corrected chi connectivity index (χ4v) is 4.07. The minimum Gasteiger partial charge on any atom is -0.397 e. The van der Waals surface area contributed by atoms with E-state index in [-0.39, 0.29) is 5.82 Å². The summed E-state index contributed by atoms with van der Waals surface area (Å²) in [6.07, 6.45) is 5.09. The summed E-state index contributed by atoms with van der Waals surface area (Å²) < 4.78 is 13.8. The second-order valence-electron chi connectivity index (χ2n) is 7.65. The average Bonchev–Trinajstić information content (AvgIpc) is 3.42. The lowest BCUT2D eigenvalue weighted by molar-refractivity contribution is 0.628. The van der Waals surface area contributed by atoms with E-state index in [1.54, 1.807) is 30.7 Å². The molecule has 4 aromatic heterocycles. The number of H-pyrrole nitrogens is 2. The summed E-state index contributed by atoms with van der Waals surface area (Å²) in [5, 5.41) is 9.51. The van der Waals surface area contributed by atoms with Crippen molar-refractivity contribution in [2.45, 2.75) is 0 Å². The van der Waals surface area contributed by atoms with E-state index >= 15 is 0 Å². The highest BCUT2D eigenvalue weighted by atomic mass is 19.1. The number of aromatic amines is 2. The minimum absolute atomic E-state index is 0.260. The van der Waals surface area contributed by atoms with Crippen LogP contribution < -0.4 is 5.73 Å². The van der Waals surface area contributed by atoms with E-state index in [9.17, 15) is 4.39 Å². The summed E-state index contributed by atoms with van der Waals surface area (Å²) in [5.41, 5.74) is 13.3. The maximum absolute atomic E-state index is 13.8. The van der Waals surface area contributed by atoms with Crippen molar-refractivity contribution in [3.63, 3.8) is 0 Å². The first-order valence-electron chi connectivity index (χ1n) is 10.1. The van der Waals surface area contributed by atoms with Crippen molar-refractivity contribution in [3.05, 3.63) is 85.1 Å². The molecule has 0 saturated heterocycles. The summed E-state index contributed by atoms with van der Waals surface area (Å²) >= 11 is 0. The fourth-order valence-electron chi connectivity index (χ4n) is 4.07. The van der Waals surface area contributed by atoms with Crippen LogP contribution in [0.25, 0.3) is 55.6 Å². The molecule has 4 heterocycles. The molecule has 4 N–H and O–H groups in total. The molecule has 0 radical (unpaired) electrons. The zero-order valence-electron chi connectivity index (χ0n) is 16.8. The predicted molar refractivity (Wildman–Crippen MR) is 124 cm³/mol. The Balaban J connectivity index is 1.51. The highest BCUT2D eigenvalue weighted by Crippen LogP contribution is 2.35. The number of nitrogen functional groups attached to an aromatic ring is 1. The quantitative estimate of drug-likeness (QED) is 0.349. The third-order valence-electron chi connectivity index (χ3n) is 5.56. The molecule has 7 heteroatoms. The zero-order chi connectivity index (χ0) is 21.7. The van der Waals surface area contributed by atoms with E-state index in [1.165, 1.54) is 6.07 Å². The Bertz CT molecular complexity index is 1610. The molecule has 0 bridgehead atoms. The number of nitrogens with zero attached hydrogens (tertiary/aromatic N) is 3. The second-order valence-corrected chi connectivity index (χ2v) is 7.65. The van der Waals surface area contributed by atoms with Gasteiger partial charge in [0.2, 0.25) is 0 Å². The molecule has 32 heavy (non-hydrogen) atoms. The smallest absolute Gasteiger partial charge is 0.123 e. The first-order valence-corrected chi connectivity index (χ1v) is 10.1. The second kappa shape index (κ2) is 7.02. The molecule has 0 atom stereocenters. The Morgan fingerprint density at radius 2 is 1.72 bits per heavy atom. The van der Waals surface area contributed by atoms with Gasteiger partial charge < -0.3 is 10.7 Å². The molecule has 0 aliphatic heterocycles. The lowest BCUT2D eigenvalue weighted by Crippen LogP contribution is -1.89. The Morgan fingerprint density at radius 1 is 0.812 bits per heavy atom. The predicted octanol–water partition coefficient (Wildman–Crippen LogP) is 5.56. The van der Waals surface area contributed by atoms with Gasteiger partial charge in [-0.25, -0.2) is 4.39 Å². The van der Waals surface area contributed by atoms with Crippen molar-refractivity contribution in [2.24, 2.45) is 0 Å². The highest BCUT2D eigenvalue weighted by Gasteiger charge is 2.15. The molecule has 6 rings (SSSR count). The van der Waals surface area contributed by atoms with Gasteiger partial charge in [0.1, 0.15) is 11.5 Å². The summed E-state index contributed by atoms with van der Waals surface area (Å²) in [6, 6.07) is 18.4. The van der Waals surface area contributed by atoms with Crippen LogP contribution in [0.2, 0.25) is 0 Å². The van der Waals surface area contributed by atoms with Gasteiger partial charge in [-0.05, 0) is 47.5 Å². The van der Waals surface area contributed by atoms with Gasteiger partial charge in [0.25, 0.3) is 0 Å². The molecule has 0 unspecified atom stereocenters. The van der Waals surface area contributed by atoms with Gasteiger partial charge in [-0.1, -0.05) is 24.3 Å². The van der Waals surface area contributed by atoms with Gasteiger partial charge in [-0.3, -0.25) is 15.1 Å². The largest absolute Gasteiger partial charge is 0.397 e. The molecule has 6 nitrogen and oxygen atoms in total. The Hall–Kier alpha value is -4.52. The maximum atomic E-state index is 13.8. The first kappa shape index (κ1) is 18.3. The van der Waals surface area contributed by atoms with Crippen molar-refractivity contribution < 1.29 is 4.39 Å². The molecule has 0 aliphatic rings. The number of pyridine rings is 2. The molecule has 154 valence electrons. The number of halogens is 1. The number of hydrogen-bond donors (Lipinski definition) is 3. The topological polar surface area (TPSA) is 96.3 Å². The van der Waals surface area contributed by atoms with Gasteiger partial charge in [-0.2, -0.15) is 5.10 Å². The number of benzene rings is 2. The van der Waals surface area contributed by atoms with Crippen LogP contribution in [0.15, 0.2) is 79.3 Å². The van der Waals surface area contributed by atoms with Gasteiger partial charge in [0, 0.05) is 34.2 Å². The Kier molecular flexibility index (Phi) is 4.01. The van der Waals surface area contributed by atoms with Crippen LogP contribution in [0.5, 0.6) is 0 Å². The number of fused-ring (bicyclic) bond motifs is 2. The zero-order valence-corrected chi connectivity index (χ0v) is 16.8. The van der Waals surface area contributed by atoms with E-state index in [0.29, 0.717) is 5.69 Å². The number of nitrogens with one attached hydrogen (secondary N) is 2. The highest BCUT2D eigenvalue weighted by molar-refractivity contribution is 6.01. The standard InChI is InChI=1S/C25H17FN6/c26-16-4-1-3-14(7-16)18-5-2-6-21-19(18)9-23(30-21)25-20-10-22(29-13-24(20)31-32-25)15-8-17(27)12-28-11-15/h1-13,30H,27H2,(H,31,32). The number of hydrogen-bond acceptors (Lipinski definition) is 4. The van der Waals surface area contributed by atoms with Crippen molar-refractivity contribution in [1.82, 2.24) is 25.1 Å². The molecule has 2 aromatic carbocycles. The lowest BCUT2D eigenvalue weighted by atomic mass is 10.0. The summed E-state index contributed by atoms with van der Waals surface area (Å²) in [6.45, 7) is 0. The van der Waals surface area contributed by atoms with E-state index in [4.69, 9.17) is 5.73 Å². The van der Waals surface area contributed by atoms with Crippen molar-refractivity contribution in [3.8, 4) is 33.8 Å². The SMILES string of the molecule is Nc1cncc(-c2cc3c(-c4cc5c(-c6cccc(F)c6)cccc5[nH]4)n[nH]c3cn2)c1. The van der Waals surface area contributed by atoms with Crippen LogP contribution in [0.4, 0.5) is 10.1 Å². The Morgan fingerprint density at radius 3 is 2.59 bits per heavy atom. The number of nitrogens with two attached hydrogens (primary N) is 1. The van der Waals surface area contributed by atoms with Crippen LogP contribution in [-0.4, -0.2) is 25.1 Å². The third kappa shape index (κ3) is 2.99. The maximum Gasteiger partial charge on any atom is 0.123 e. The minimum atomic E-state index is -0.260. The Labute approximate surface area is 182 Å². The van der Waals surface area contributed by atoms with Gasteiger partial charge >= 0.3 is 0 Å². The van der Waals surface area contributed by atoms with Crippen molar-refractivity contribution in [2.75, 3.05) is 5.73 Å². The monoisotopic (exact) mass is 420 g/mol. The molecule has 0 fully saturated rings. The van der Waals surface area contributed by atoms with E-state index in [1.807, 2.05) is 42.5 Å². The molecule has 0 aliphatic carbocycles. The van der Waals surface area contributed by atoms with E-state index < -0.39 is 0 Å². The molecule has 0 saturated carbocycles. The van der Waals surface area contributed by atoms with Gasteiger partial charge in [-0.15, -0.1) is 0 Å². The van der Waals surface area contributed by atoms with Crippen LogP contribution in [0.1, 0.15) is 0 Å². The number of rotatable bonds is 3. The average molecular weight is 420 g/mol. The summed E-state index contributed by atoms with van der Waals surface area (Å²) in [5.74, 6) is -0.260. The van der Waals surface area contributed by atoms with Crippen LogP contribution in [0, 0.1) is 5.82 Å². The van der Waals surface area contributed by atoms with Crippen LogP contribution in [0.3, 0.4) is 0 Å². The molecule has 0 spiro atoms. The molecule has 0 amide bonds. The van der Waals surface area contributed by atoms with Crippen LogP contribution in [-0.2, 0) is 0 Å². The van der Waals surface area contributed by atoms with Gasteiger partial charge in [0.05, 0.1) is 28.8 Å². The fraction of sp³-hybridized carbons (Fsp3) is 0. The number of aromatic nitrogens is 5. The van der Waals surface area contributed by atoms with E-state index in [0.717, 1.165) is 55.6 Å². The van der Waals surface area contributed by atoms with Crippen molar-refractivity contribution in [1.29, 1.82) is 0 Å². The first-order chi connectivity index (χ1) is 15.7. The van der Waals surface area contributed by atoms with Crippen LogP contribution >= 0.6 is 0 Å². The molecular formula is C25H17FN6. The summed E-state index contributed by atoms with van der Waals surface area (Å²) in [4.78, 5) is 12.1. The summed E-state index contributed by atoms with van der Waals surface area (Å²) in [7, 11) is 0. The van der Waals surface area contributed by atoms with Crippen molar-refractivity contribution >= 4 is 27.5 Å². The molecule has 6 aromatic rings. The van der Waals surface area contributed by atoms with E-state index in [2.05, 4.69) is 25.1 Å². The molecular weight excluding hydrogens is 403 g/mol. The number of anilines is 1. The normalized spacial score (nSPS) is 11.4.